The molecule has 0 aliphatic rings. The van der Waals surface area contributed by atoms with Crippen LogP contribution in [0.25, 0.3) is 0 Å². The number of aliphatic hydroxyl groups is 1. The highest BCUT2D eigenvalue weighted by Gasteiger charge is 2.12. The van der Waals surface area contributed by atoms with Gasteiger partial charge in [-0.3, -0.25) is 0 Å². The molecule has 1 unspecified atom stereocenters. The van der Waals surface area contributed by atoms with Crippen molar-refractivity contribution in [2.45, 2.75) is 19.4 Å². The Hall–Kier alpha value is -2.12. The number of anilines is 1. The zero-order valence-corrected chi connectivity index (χ0v) is 13.5. The summed E-state index contributed by atoms with van der Waals surface area (Å²) in [6.07, 6.45) is 0.00524. The number of urea groups is 1. The molecule has 1 aromatic carbocycles. The molecular formula is C16H19FN2O3S. The van der Waals surface area contributed by atoms with Crippen molar-refractivity contribution in [2.75, 3.05) is 18.5 Å². The summed E-state index contributed by atoms with van der Waals surface area (Å²) in [6, 6.07) is 5.22. The molecule has 1 heterocycles. The van der Waals surface area contributed by atoms with Crippen LogP contribution in [0, 0.1) is 5.82 Å². The lowest BCUT2D eigenvalue weighted by Gasteiger charge is -2.14. The predicted octanol–water partition coefficient (Wildman–Crippen LogP) is 3.53. The van der Waals surface area contributed by atoms with Crippen molar-refractivity contribution in [3.63, 3.8) is 0 Å². The topological polar surface area (TPSA) is 70.6 Å². The van der Waals surface area contributed by atoms with Crippen molar-refractivity contribution in [1.82, 2.24) is 5.32 Å². The number of aliphatic hydroxyl groups excluding tert-OH is 1. The molecule has 2 aromatic rings. The molecule has 2 amide bonds. The number of hydrogen-bond acceptors (Lipinski definition) is 4. The van der Waals surface area contributed by atoms with Crippen molar-refractivity contribution in [1.29, 1.82) is 0 Å². The van der Waals surface area contributed by atoms with Gasteiger partial charge in [-0.05, 0) is 40.9 Å². The average Bonchev–Trinajstić information content (AvgIpc) is 3.07. The van der Waals surface area contributed by atoms with E-state index < -0.39 is 18.0 Å². The molecule has 0 bridgehead atoms. The average molecular weight is 338 g/mol. The molecule has 0 spiro atoms. The molecular weight excluding hydrogens is 319 g/mol. The quantitative estimate of drug-likeness (QED) is 0.723. The number of halogens is 1. The number of hydrogen-bond donors (Lipinski definition) is 3. The highest BCUT2D eigenvalue weighted by atomic mass is 32.1. The SMILES string of the molecule is CCCOc1cc(F)ccc1NC(=O)NCC(O)c1ccsc1. The lowest BCUT2D eigenvalue weighted by molar-refractivity contribution is 0.175. The molecule has 0 aliphatic carbocycles. The lowest BCUT2D eigenvalue weighted by atomic mass is 10.2. The molecule has 7 heteroatoms. The summed E-state index contributed by atoms with van der Waals surface area (Å²) in [5, 5.41) is 18.8. The number of thiophene rings is 1. The molecule has 0 aliphatic heterocycles. The first kappa shape index (κ1) is 17.2. The molecule has 0 saturated carbocycles. The minimum atomic E-state index is -0.768. The Morgan fingerprint density at radius 3 is 2.96 bits per heavy atom. The van der Waals surface area contributed by atoms with E-state index in [1.807, 2.05) is 17.7 Å². The van der Waals surface area contributed by atoms with Gasteiger partial charge in [-0.1, -0.05) is 6.92 Å². The second-order valence-corrected chi connectivity index (χ2v) is 5.68. The smallest absolute Gasteiger partial charge is 0.319 e. The Labute approximate surface area is 138 Å². The van der Waals surface area contributed by atoms with E-state index in [1.54, 1.807) is 6.07 Å². The van der Waals surface area contributed by atoms with Crippen LogP contribution in [-0.2, 0) is 0 Å². The predicted molar refractivity (Wildman–Crippen MR) is 88.5 cm³/mol. The molecule has 0 radical (unpaired) electrons. The van der Waals surface area contributed by atoms with Gasteiger partial charge in [0, 0.05) is 12.6 Å². The zero-order valence-electron chi connectivity index (χ0n) is 12.7. The minimum absolute atomic E-state index is 0.0783. The fourth-order valence-electron chi connectivity index (χ4n) is 1.87. The second kappa shape index (κ2) is 8.50. The third-order valence-electron chi connectivity index (χ3n) is 3.04. The van der Waals surface area contributed by atoms with E-state index in [0.717, 1.165) is 12.0 Å². The van der Waals surface area contributed by atoms with E-state index in [2.05, 4.69) is 10.6 Å². The standard InChI is InChI=1S/C16H19FN2O3S/c1-2-6-22-15-8-12(17)3-4-13(15)19-16(21)18-9-14(20)11-5-7-23-10-11/h3-5,7-8,10,14,20H,2,6,9H2,1H3,(H2,18,19,21). The fraction of sp³-hybridized carbons (Fsp3) is 0.312. The third-order valence-corrected chi connectivity index (χ3v) is 3.74. The molecule has 3 N–H and O–H groups in total. The van der Waals surface area contributed by atoms with Crippen molar-refractivity contribution >= 4 is 23.1 Å². The lowest BCUT2D eigenvalue weighted by Crippen LogP contribution is -2.32. The van der Waals surface area contributed by atoms with Gasteiger partial charge in [0.05, 0.1) is 18.4 Å². The number of carbonyl (C=O) groups excluding carboxylic acids is 1. The van der Waals surface area contributed by atoms with Gasteiger partial charge in [0.1, 0.15) is 11.6 Å². The maximum atomic E-state index is 13.3. The molecule has 5 nitrogen and oxygen atoms in total. The Bertz CT molecular complexity index is 634. The Balaban J connectivity index is 1.91. The maximum absolute atomic E-state index is 13.3. The zero-order chi connectivity index (χ0) is 16.7. The van der Waals surface area contributed by atoms with Crippen LogP contribution in [0.15, 0.2) is 35.0 Å². The molecule has 1 atom stereocenters. The number of rotatable bonds is 7. The summed E-state index contributed by atoms with van der Waals surface area (Å²) in [7, 11) is 0. The van der Waals surface area contributed by atoms with Gasteiger partial charge in [-0.2, -0.15) is 11.3 Å². The first-order chi connectivity index (χ1) is 11.1. The normalized spacial score (nSPS) is 11.8. The van der Waals surface area contributed by atoms with Crippen LogP contribution in [0.5, 0.6) is 5.75 Å². The molecule has 23 heavy (non-hydrogen) atoms. The second-order valence-electron chi connectivity index (χ2n) is 4.90. The van der Waals surface area contributed by atoms with Gasteiger partial charge < -0.3 is 20.5 Å². The largest absolute Gasteiger partial charge is 0.491 e. The Morgan fingerprint density at radius 2 is 2.26 bits per heavy atom. The first-order valence-electron chi connectivity index (χ1n) is 7.27. The highest BCUT2D eigenvalue weighted by Crippen LogP contribution is 2.25. The Kier molecular flexibility index (Phi) is 6.37. The van der Waals surface area contributed by atoms with Crippen molar-refractivity contribution in [2.24, 2.45) is 0 Å². The van der Waals surface area contributed by atoms with Gasteiger partial charge in [0.15, 0.2) is 0 Å². The number of carbonyl (C=O) groups is 1. The van der Waals surface area contributed by atoms with E-state index in [9.17, 15) is 14.3 Å². The molecule has 0 fully saturated rings. The van der Waals surface area contributed by atoms with E-state index in [1.165, 1.54) is 29.5 Å². The van der Waals surface area contributed by atoms with E-state index in [-0.39, 0.29) is 12.3 Å². The highest BCUT2D eigenvalue weighted by molar-refractivity contribution is 7.07. The van der Waals surface area contributed by atoms with Crippen LogP contribution in [0.3, 0.4) is 0 Å². The number of benzene rings is 1. The number of amides is 2. The van der Waals surface area contributed by atoms with Crippen LogP contribution in [0.2, 0.25) is 0 Å². The minimum Gasteiger partial charge on any atom is -0.491 e. The molecule has 2 rings (SSSR count). The van der Waals surface area contributed by atoms with E-state index in [4.69, 9.17) is 4.74 Å². The summed E-state index contributed by atoms with van der Waals surface area (Å²) < 4.78 is 18.7. The number of nitrogens with one attached hydrogen (secondary N) is 2. The number of ether oxygens (including phenoxy) is 1. The van der Waals surface area contributed by atoms with Gasteiger partial charge in [0.2, 0.25) is 0 Å². The maximum Gasteiger partial charge on any atom is 0.319 e. The molecule has 124 valence electrons. The fourth-order valence-corrected chi connectivity index (χ4v) is 2.58. The summed E-state index contributed by atoms with van der Waals surface area (Å²) in [6.45, 7) is 2.44. The summed E-state index contributed by atoms with van der Waals surface area (Å²) in [5.41, 5.74) is 1.13. The van der Waals surface area contributed by atoms with Crippen LogP contribution in [0.1, 0.15) is 25.0 Å². The van der Waals surface area contributed by atoms with E-state index >= 15 is 0 Å². The van der Waals surface area contributed by atoms with Gasteiger partial charge >= 0.3 is 6.03 Å². The van der Waals surface area contributed by atoms with Gasteiger partial charge in [0.25, 0.3) is 0 Å². The summed E-state index contributed by atoms with van der Waals surface area (Å²) in [4.78, 5) is 11.9. The third kappa shape index (κ3) is 5.22. The van der Waals surface area contributed by atoms with Crippen LogP contribution < -0.4 is 15.4 Å². The van der Waals surface area contributed by atoms with Crippen LogP contribution >= 0.6 is 11.3 Å². The summed E-state index contributed by atoms with van der Waals surface area (Å²) in [5.74, 6) is -0.157. The van der Waals surface area contributed by atoms with E-state index in [0.29, 0.717) is 12.3 Å². The van der Waals surface area contributed by atoms with Gasteiger partial charge in [-0.15, -0.1) is 0 Å². The molecule has 0 saturated heterocycles. The summed E-state index contributed by atoms with van der Waals surface area (Å²) >= 11 is 1.48. The first-order valence-corrected chi connectivity index (χ1v) is 8.21. The van der Waals surface area contributed by atoms with Crippen LogP contribution in [0.4, 0.5) is 14.9 Å². The van der Waals surface area contributed by atoms with Crippen molar-refractivity contribution in [3.8, 4) is 5.75 Å². The van der Waals surface area contributed by atoms with Gasteiger partial charge in [-0.25, -0.2) is 9.18 Å². The Morgan fingerprint density at radius 1 is 1.43 bits per heavy atom. The monoisotopic (exact) mass is 338 g/mol. The van der Waals surface area contributed by atoms with Crippen molar-refractivity contribution in [3.05, 3.63) is 46.4 Å². The van der Waals surface area contributed by atoms with Crippen molar-refractivity contribution < 1.29 is 19.0 Å². The van der Waals surface area contributed by atoms with Crippen LogP contribution in [-0.4, -0.2) is 24.3 Å². The molecule has 1 aromatic heterocycles.